The maximum absolute atomic E-state index is 12.8. The van der Waals surface area contributed by atoms with Crippen LogP contribution < -0.4 is 10.6 Å². The summed E-state index contributed by atoms with van der Waals surface area (Å²) in [5, 5.41) is 14.9. The number of carbonyl (C=O) groups is 3. The summed E-state index contributed by atoms with van der Waals surface area (Å²) in [5.41, 5.74) is 4.72. The fraction of sp³-hybridized carbons (Fsp3) is 0.464. The van der Waals surface area contributed by atoms with Gasteiger partial charge in [0.05, 0.1) is 0 Å². The summed E-state index contributed by atoms with van der Waals surface area (Å²) in [5.74, 6) is -1.10. The van der Waals surface area contributed by atoms with Crippen LogP contribution in [0.1, 0.15) is 68.9 Å². The predicted octanol–water partition coefficient (Wildman–Crippen LogP) is 4.84. The zero-order valence-electron chi connectivity index (χ0n) is 20.2. The zero-order valence-corrected chi connectivity index (χ0v) is 20.2. The van der Waals surface area contributed by atoms with Crippen molar-refractivity contribution in [3.05, 3.63) is 59.7 Å². The van der Waals surface area contributed by atoms with E-state index >= 15 is 0 Å². The van der Waals surface area contributed by atoms with Gasteiger partial charge in [-0.2, -0.15) is 0 Å². The monoisotopic (exact) mass is 478 g/mol. The SMILES string of the molecule is CCC(CCC(=O)O)NC(=O)[C@H]1CCC[C@@H](NC(=O)OCC2c3ccccc3-c3ccccc32)C1. The van der Waals surface area contributed by atoms with E-state index in [-0.39, 0.29) is 42.9 Å². The van der Waals surface area contributed by atoms with E-state index in [9.17, 15) is 14.4 Å². The third-order valence-electron chi connectivity index (χ3n) is 7.26. The van der Waals surface area contributed by atoms with Gasteiger partial charge in [0, 0.05) is 30.3 Å². The van der Waals surface area contributed by atoms with Crippen LogP contribution >= 0.6 is 0 Å². The number of hydrogen-bond donors (Lipinski definition) is 3. The molecule has 3 atom stereocenters. The molecule has 2 amide bonds. The van der Waals surface area contributed by atoms with Crippen LogP contribution in [0, 0.1) is 5.92 Å². The van der Waals surface area contributed by atoms with Gasteiger partial charge in [0.25, 0.3) is 0 Å². The third kappa shape index (κ3) is 6.02. The van der Waals surface area contributed by atoms with Gasteiger partial charge < -0.3 is 20.5 Å². The van der Waals surface area contributed by atoms with Gasteiger partial charge in [0.1, 0.15) is 6.61 Å². The van der Waals surface area contributed by atoms with Crippen LogP contribution in [0.15, 0.2) is 48.5 Å². The number of benzene rings is 2. The lowest BCUT2D eigenvalue weighted by Gasteiger charge is -2.30. The van der Waals surface area contributed by atoms with Crippen molar-refractivity contribution in [2.24, 2.45) is 5.92 Å². The van der Waals surface area contributed by atoms with Crippen molar-refractivity contribution >= 4 is 18.0 Å². The van der Waals surface area contributed by atoms with Crippen LogP contribution in [0.2, 0.25) is 0 Å². The van der Waals surface area contributed by atoms with Crippen LogP contribution in [0.25, 0.3) is 11.1 Å². The topological polar surface area (TPSA) is 105 Å². The molecule has 2 aliphatic rings. The highest BCUT2D eigenvalue weighted by molar-refractivity contribution is 5.80. The molecule has 3 N–H and O–H groups in total. The Morgan fingerprint density at radius 1 is 1.03 bits per heavy atom. The highest BCUT2D eigenvalue weighted by Gasteiger charge is 2.31. The Morgan fingerprint density at radius 2 is 1.69 bits per heavy atom. The van der Waals surface area contributed by atoms with Gasteiger partial charge in [0.2, 0.25) is 5.91 Å². The Morgan fingerprint density at radius 3 is 2.31 bits per heavy atom. The second-order valence-electron chi connectivity index (χ2n) is 9.58. The summed E-state index contributed by atoms with van der Waals surface area (Å²) >= 11 is 0. The Kier molecular flexibility index (Phi) is 8.06. The number of aliphatic carboxylic acids is 1. The molecule has 0 saturated heterocycles. The minimum Gasteiger partial charge on any atom is -0.481 e. The molecule has 1 saturated carbocycles. The number of amides is 2. The molecule has 0 spiro atoms. The first-order chi connectivity index (χ1) is 17.0. The number of carboxylic acid groups (broad SMARTS) is 1. The smallest absolute Gasteiger partial charge is 0.407 e. The van der Waals surface area contributed by atoms with Gasteiger partial charge >= 0.3 is 12.1 Å². The Balaban J connectivity index is 1.29. The Labute approximate surface area is 206 Å². The van der Waals surface area contributed by atoms with Crippen LogP contribution in [-0.2, 0) is 14.3 Å². The minimum absolute atomic E-state index is 0.00908. The number of hydrogen-bond acceptors (Lipinski definition) is 4. The minimum atomic E-state index is -0.859. The average Bonchev–Trinajstić information content (AvgIpc) is 3.19. The number of rotatable bonds is 9. The molecule has 7 heteroatoms. The van der Waals surface area contributed by atoms with Gasteiger partial charge in [-0.15, -0.1) is 0 Å². The van der Waals surface area contributed by atoms with Gasteiger partial charge in [0.15, 0.2) is 0 Å². The van der Waals surface area contributed by atoms with E-state index in [1.807, 2.05) is 31.2 Å². The molecule has 35 heavy (non-hydrogen) atoms. The fourth-order valence-corrected chi connectivity index (χ4v) is 5.36. The van der Waals surface area contributed by atoms with E-state index in [0.717, 1.165) is 19.3 Å². The van der Waals surface area contributed by atoms with Crippen LogP contribution in [0.5, 0.6) is 0 Å². The lowest BCUT2D eigenvalue weighted by molar-refractivity contribution is -0.137. The van der Waals surface area contributed by atoms with Crippen molar-refractivity contribution in [3.63, 3.8) is 0 Å². The molecular weight excluding hydrogens is 444 g/mol. The number of alkyl carbamates (subject to hydrolysis) is 1. The summed E-state index contributed by atoms with van der Waals surface area (Å²) < 4.78 is 5.67. The number of carbonyl (C=O) groups excluding carboxylic acids is 2. The highest BCUT2D eigenvalue weighted by atomic mass is 16.5. The summed E-state index contributed by atoms with van der Waals surface area (Å²) in [7, 11) is 0. The van der Waals surface area contributed by atoms with E-state index < -0.39 is 12.1 Å². The highest BCUT2D eigenvalue weighted by Crippen LogP contribution is 2.44. The molecule has 2 aliphatic carbocycles. The van der Waals surface area contributed by atoms with Gasteiger partial charge in [-0.1, -0.05) is 61.9 Å². The van der Waals surface area contributed by atoms with E-state index in [1.165, 1.54) is 22.3 Å². The van der Waals surface area contributed by atoms with Gasteiger partial charge in [-0.25, -0.2) is 4.79 Å². The maximum Gasteiger partial charge on any atom is 0.407 e. The first kappa shape index (κ1) is 24.8. The van der Waals surface area contributed by atoms with Crippen LogP contribution in [0.4, 0.5) is 4.79 Å². The molecule has 186 valence electrons. The molecule has 0 bridgehead atoms. The normalized spacial score (nSPS) is 19.8. The molecule has 0 radical (unpaired) electrons. The second-order valence-corrected chi connectivity index (χ2v) is 9.58. The predicted molar refractivity (Wildman–Crippen MR) is 133 cm³/mol. The quantitative estimate of drug-likeness (QED) is 0.478. The van der Waals surface area contributed by atoms with Crippen molar-refractivity contribution in [2.45, 2.75) is 69.9 Å². The third-order valence-corrected chi connectivity index (χ3v) is 7.26. The lowest BCUT2D eigenvalue weighted by atomic mass is 9.85. The summed E-state index contributed by atoms with van der Waals surface area (Å²) in [6.45, 7) is 2.20. The first-order valence-electron chi connectivity index (χ1n) is 12.6. The van der Waals surface area contributed by atoms with E-state index in [0.29, 0.717) is 19.3 Å². The molecule has 2 aromatic carbocycles. The second kappa shape index (κ2) is 11.4. The van der Waals surface area contributed by atoms with Crippen LogP contribution in [0.3, 0.4) is 0 Å². The van der Waals surface area contributed by atoms with Gasteiger partial charge in [-0.3, -0.25) is 9.59 Å². The fourth-order valence-electron chi connectivity index (χ4n) is 5.36. The number of carboxylic acids is 1. The van der Waals surface area contributed by atoms with Crippen molar-refractivity contribution in [2.75, 3.05) is 6.61 Å². The molecular formula is C28H34N2O5. The number of nitrogens with one attached hydrogen (secondary N) is 2. The van der Waals surface area contributed by atoms with Crippen molar-refractivity contribution < 1.29 is 24.2 Å². The first-order valence-corrected chi connectivity index (χ1v) is 12.6. The molecule has 0 aliphatic heterocycles. The van der Waals surface area contributed by atoms with E-state index in [4.69, 9.17) is 9.84 Å². The van der Waals surface area contributed by atoms with Crippen LogP contribution in [-0.4, -0.2) is 41.8 Å². The summed E-state index contributed by atoms with van der Waals surface area (Å²) in [6, 6.07) is 16.2. The molecule has 2 aromatic rings. The molecule has 0 aromatic heterocycles. The van der Waals surface area contributed by atoms with Crippen molar-refractivity contribution in [1.82, 2.24) is 10.6 Å². The molecule has 1 fully saturated rings. The van der Waals surface area contributed by atoms with Crippen molar-refractivity contribution in [1.29, 1.82) is 0 Å². The van der Waals surface area contributed by atoms with E-state index in [2.05, 4.69) is 34.9 Å². The van der Waals surface area contributed by atoms with E-state index in [1.54, 1.807) is 0 Å². The molecule has 4 rings (SSSR count). The largest absolute Gasteiger partial charge is 0.481 e. The Bertz CT molecular complexity index is 1020. The average molecular weight is 479 g/mol. The standard InChI is InChI=1S/C28H34N2O5/c1-2-19(14-15-26(31)32)29-27(33)18-8-7-9-20(16-18)30-28(34)35-17-25-23-12-5-3-10-21(23)22-11-4-6-13-24(22)25/h3-6,10-13,18-20,25H,2,7-9,14-17H2,1H3,(H,29,33)(H,30,34)(H,31,32)/t18-,19?,20+/m0/s1. The number of fused-ring (bicyclic) bond motifs is 3. The zero-order chi connectivity index (χ0) is 24.8. The lowest BCUT2D eigenvalue weighted by Crippen LogP contribution is -2.45. The van der Waals surface area contributed by atoms with Crippen molar-refractivity contribution in [3.8, 4) is 11.1 Å². The Hall–Kier alpha value is -3.35. The molecule has 1 unspecified atom stereocenters. The summed E-state index contributed by atoms with van der Waals surface area (Å²) in [6.07, 6.45) is 3.68. The molecule has 0 heterocycles. The molecule has 7 nitrogen and oxygen atoms in total. The number of ether oxygens (including phenoxy) is 1. The van der Waals surface area contributed by atoms with Gasteiger partial charge in [-0.05, 0) is 54.4 Å². The summed E-state index contributed by atoms with van der Waals surface area (Å²) in [4.78, 5) is 36.3. The maximum atomic E-state index is 12.8.